The van der Waals surface area contributed by atoms with Crippen molar-refractivity contribution < 1.29 is 9.84 Å². The van der Waals surface area contributed by atoms with Crippen molar-refractivity contribution in [1.29, 1.82) is 5.41 Å². The van der Waals surface area contributed by atoms with Crippen molar-refractivity contribution in [2.45, 2.75) is 20.4 Å². The third-order valence-electron chi connectivity index (χ3n) is 4.76. The van der Waals surface area contributed by atoms with E-state index in [2.05, 4.69) is 0 Å². The van der Waals surface area contributed by atoms with E-state index >= 15 is 0 Å². The molecule has 0 aliphatic carbocycles. The molecule has 0 atom stereocenters. The van der Waals surface area contributed by atoms with Gasteiger partial charge in [-0.25, -0.2) is 4.98 Å². The number of aromatic nitrogens is 2. The molecule has 138 valence electrons. The van der Waals surface area contributed by atoms with Gasteiger partial charge in [0.05, 0.1) is 29.8 Å². The summed E-state index contributed by atoms with van der Waals surface area (Å²) in [7, 11) is 0. The molecule has 4 rings (SSSR count). The van der Waals surface area contributed by atoms with Gasteiger partial charge in [-0.2, -0.15) is 0 Å². The molecule has 0 radical (unpaired) electrons. The number of ether oxygens (including phenoxy) is 1. The number of amidine groups is 1. The molecule has 0 saturated carbocycles. The number of aliphatic hydroxyl groups is 1. The van der Waals surface area contributed by atoms with Gasteiger partial charge in [-0.1, -0.05) is 12.1 Å². The summed E-state index contributed by atoms with van der Waals surface area (Å²) in [6, 6.07) is 15.4. The summed E-state index contributed by atoms with van der Waals surface area (Å²) in [6.45, 7) is 5.56. The van der Waals surface area contributed by atoms with Crippen molar-refractivity contribution in [3.8, 4) is 5.75 Å². The molecule has 0 amide bonds. The Morgan fingerprint density at radius 3 is 2.56 bits per heavy atom. The number of benzene rings is 2. The maximum Gasteiger partial charge on any atom is 0.148 e. The molecule has 3 aromatic rings. The quantitative estimate of drug-likeness (QED) is 0.713. The minimum absolute atomic E-state index is 0.166. The number of nitrogens with one attached hydrogen (secondary N) is 1. The Labute approximate surface area is 157 Å². The van der Waals surface area contributed by atoms with Crippen LogP contribution in [-0.4, -0.2) is 33.6 Å². The number of aliphatic hydroxyl groups excluding tert-OH is 1. The van der Waals surface area contributed by atoms with Crippen LogP contribution in [0.4, 0.5) is 5.69 Å². The highest BCUT2D eigenvalue weighted by molar-refractivity contribution is 6.30. The van der Waals surface area contributed by atoms with E-state index in [9.17, 15) is 5.11 Å². The zero-order chi connectivity index (χ0) is 19.0. The van der Waals surface area contributed by atoms with Crippen molar-refractivity contribution in [1.82, 2.24) is 9.55 Å². The Morgan fingerprint density at radius 2 is 1.85 bits per heavy atom. The number of para-hydroxylation sites is 2. The summed E-state index contributed by atoms with van der Waals surface area (Å²) < 4.78 is 7.52. The second kappa shape index (κ2) is 6.79. The van der Waals surface area contributed by atoms with Crippen LogP contribution in [0.2, 0.25) is 0 Å². The zero-order valence-corrected chi connectivity index (χ0v) is 15.4. The molecule has 1 aliphatic rings. The predicted molar refractivity (Wildman–Crippen MR) is 108 cm³/mol. The summed E-state index contributed by atoms with van der Waals surface area (Å²) >= 11 is 0. The molecule has 1 aromatic heterocycles. The molecule has 0 bridgehead atoms. The van der Waals surface area contributed by atoms with Crippen LogP contribution in [0.15, 0.2) is 54.3 Å². The van der Waals surface area contributed by atoms with E-state index in [1.54, 1.807) is 4.90 Å². The third kappa shape index (κ3) is 2.83. The van der Waals surface area contributed by atoms with E-state index in [-0.39, 0.29) is 18.1 Å². The third-order valence-corrected chi connectivity index (χ3v) is 4.76. The van der Waals surface area contributed by atoms with Gasteiger partial charge in [0, 0.05) is 12.2 Å². The molecule has 2 N–H and O–H groups in total. The Bertz CT molecular complexity index is 1030. The van der Waals surface area contributed by atoms with Gasteiger partial charge in [0.2, 0.25) is 0 Å². The second-order valence-electron chi connectivity index (χ2n) is 6.35. The first-order chi connectivity index (χ1) is 13.1. The van der Waals surface area contributed by atoms with E-state index in [4.69, 9.17) is 15.1 Å². The maximum atomic E-state index is 10.6. The van der Waals surface area contributed by atoms with Crippen molar-refractivity contribution in [3.05, 3.63) is 60.1 Å². The lowest BCUT2D eigenvalue weighted by molar-refractivity contribution is 0.340. The van der Waals surface area contributed by atoms with E-state index in [1.165, 1.54) is 0 Å². The van der Waals surface area contributed by atoms with Crippen LogP contribution in [0.5, 0.6) is 5.75 Å². The standard InChI is InChI=1S/C21H22N4O2/c1-3-24-17-8-6-5-7-16(17)23-21(24)19-18(26)13-25(20(19)22)14-9-11-15(12-10-14)27-4-2/h5-12,22,26H,3-4,13H2,1-2H3. The lowest BCUT2D eigenvalue weighted by Crippen LogP contribution is -2.26. The van der Waals surface area contributed by atoms with Crippen LogP contribution in [0.3, 0.4) is 0 Å². The summed E-state index contributed by atoms with van der Waals surface area (Å²) in [6.07, 6.45) is 0. The van der Waals surface area contributed by atoms with Crippen LogP contribution in [-0.2, 0) is 6.54 Å². The number of aryl methyl sites for hydroxylation is 1. The van der Waals surface area contributed by atoms with Gasteiger partial charge in [0.15, 0.2) is 0 Å². The molecular formula is C21H22N4O2. The predicted octanol–water partition coefficient (Wildman–Crippen LogP) is 4.22. The van der Waals surface area contributed by atoms with Gasteiger partial charge in [-0.05, 0) is 50.2 Å². The summed E-state index contributed by atoms with van der Waals surface area (Å²) in [5.41, 5.74) is 3.19. The smallest absolute Gasteiger partial charge is 0.148 e. The number of hydrogen-bond acceptors (Lipinski definition) is 4. The first kappa shape index (κ1) is 17.1. The molecular weight excluding hydrogens is 340 g/mol. The molecule has 0 saturated heterocycles. The summed E-state index contributed by atoms with van der Waals surface area (Å²) in [4.78, 5) is 6.47. The van der Waals surface area contributed by atoms with E-state index in [1.807, 2.05) is 66.9 Å². The van der Waals surface area contributed by atoms with E-state index in [0.717, 1.165) is 22.5 Å². The fourth-order valence-electron chi connectivity index (χ4n) is 3.51. The number of rotatable bonds is 5. The lowest BCUT2D eigenvalue weighted by Gasteiger charge is -2.19. The fraction of sp³-hybridized carbons (Fsp3) is 0.238. The number of hydrogen-bond donors (Lipinski definition) is 2. The topological polar surface area (TPSA) is 74.4 Å². The van der Waals surface area contributed by atoms with E-state index < -0.39 is 0 Å². The Balaban J connectivity index is 1.71. The normalized spacial score (nSPS) is 14.4. The number of fused-ring (bicyclic) bond motifs is 1. The molecule has 6 nitrogen and oxygen atoms in total. The van der Waals surface area contributed by atoms with Gasteiger partial charge in [-0.3, -0.25) is 5.41 Å². The maximum absolute atomic E-state index is 10.6. The van der Waals surface area contributed by atoms with Gasteiger partial charge in [0.1, 0.15) is 23.2 Å². The van der Waals surface area contributed by atoms with Crippen molar-refractivity contribution in [2.75, 3.05) is 18.1 Å². The summed E-state index contributed by atoms with van der Waals surface area (Å²) in [5.74, 6) is 1.84. The largest absolute Gasteiger partial charge is 0.509 e. The lowest BCUT2D eigenvalue weighted by atomic mass is 10.2. The molecule has 0 fully saturated rings. The molecule has 2 aromatic carbocycles. The van der Waals surface area contributed by atoms with Gasteiger partial charge in [-0.15, -0.1) is 0 Å². The van der Waals surface area contributed by atoms with Gasteiger partial charge in [0.25, 0.3) is 0 Å². The highest BCUT2D eigenvalue weighted by atomic mass is 16.5. The van der Waals surface area contributed by atoms with Crippen molar-refractivity contribution in [3.63, 3.8) is 0 Å². The van der Waals surface area contributed by atoms with Crippen LogP contribution in [0.25, 0.3) is 16.6 Å². The fourth-order valence-corrected chi connectivity index (χ4v) is 3.51. The molecule has 6 heteroatoms. The Morgan fingerprint density at radius 1 is 1.11 bits per heavy atom. The average Bonchev–Trinajstić information content (AvgIpc) is 3.19. The number of nitrogens with zero attached hydrogens (tertiary/aromatic N) is 3. The Hall–Kier alpha value is -3.28. The van der Waals surface area contributed by atoms with Gasteiger partial charge < -0.3 is 19.3 Å². The second-order valence-corrected chi connectivity index (χ2v) is 6.35. The van der Waals surface area contributed by atoms with Crippen LogP contribution in [0.1, 0.15) is 19.7 Å². The molecule has 0 unspecified atom stereocenters. The minimum atomic E-state index is 0.166. The highest BCUT2D eigenvalue weighted by Gasteiger charge is 2.32. The number of imidazole rings is 1. The first-order valence-corrected chi connectivity index (χ1v) is 9.11. The SMILES string of the molecule is CCOc1ccc(N2CC(O)=C(c3nc4ccccc4n3CC)C2=N)cc1. The van der Waals surface area contributed by atoms with Crippen molar-refractivity contribution in [2.24, 2.45) is 0 Å². The highest BCUT2D eigenvalue weighted by Crippen LogP contribution is 2.33. The molecule has 27 heavy (non-hydrogen) atoms. The van der Waals surface area contributed by atoms with Crippen molar-refractivity contribution >= 4 is 28.1 Å². The monoisotopic (exact) mass is 362 g/mol. The van der Waals surface area contributed by atoms with Gasteiger partial charge >= 0.3 is 0 Å². The average molecular weight is 362 g/mol. The molecule has 2 heterocycles. The van der Waals surface area contributed by atoms with Crippen LogP contribution in [0, 0.1) is 5.41 Å². The van der Waals surface area contributed by atoms with E-state index in [0.29, 0.717) is 24.5 Å². The molecule has 0 spiro atoms. The Kier molecular flexibility index (Phi) is 4.32. The zero-order valence-electron chi connectivity index (χ0n) is 15.4. The molecule has 1 aliphatic heterocycles. The van der Waals surface area contributed by atoms with Crippen LogP contribution >= 0.6 is 0 Å². The minimum Gasteiger partial charge on any atom is -0.509 e. The van der Waals surface area contributed by atoms with Crippen LogP contribution < -0.4 is 9.64 Å². The number of anilines is 1. The first-order valence-electron chi connectivity index (χ1n) is 9.11. The summed E-state index contributed by atoms with van der Waals surface area (Å²) in [5, 5.41) is 19.3.